The lowest BCUT2D eigenvalue weighted by Crippen LogP contribution is -2.03. The number of H-pyrrole nitrogens is 1. The zero-order chi connectivity index (χ0) is 16.6. The molecule has 5 heteroatoms. The lowest BCUT2D eigenvalue weighted by atomic mass is 10.0. The predicted octanol–water partition coefficient (Wildman–Crippen LogP) is 4.38. The maximum atomic E-state index is 12.8. The van der Waals surface area contributed by atoms with Gasteiger partial charge in [-0.3, -0.25) is 4.79 Å². The summed E-state index contributed by atoms with van der Waals surface area (Å²) in [5.74, 6) is 1.25. The van der Waals surface area contributed by atoms with Crippen LogP contribution in [0, 0.1) is 6.92 Å². The maximum Gasteiger partial charge on any atom is 0.209 e. The van der Waals surface area contributed by atoms with E-state index in [1.54, 1.807) is 44.6 Å². The van der Waals surface area contributed by atoms with Crippen LogP contribution in [0.25, 0.3) is 10.9 Å². The Morgan fingerprint density at radius 3 is 2.39 bits per heavy atom. The SMILES string of the molecule is COc1cc(OC)c2c(C)c(C(=O)c3ccc(Cl)cc3)[nH]c2c1. The third kappa shape index (κ3) is 2.66. The van der Waals surface area contributed by atoms with Crippen molar-refractivity contribution in [1.82, 2.24) is 4.98 Å². The Balaban J connectivity index is 2.16. The summed E-state index contributed by atoms with van der Waals surface area (Å²) in [5.41, 5.74) is 2.76. The number of nitrogens with one attached hydrogen (secondary N) is 1. The van der Waals surface area contributed by atoms with Crippen LogP contribution < -0.4 is 9.47 Å². The largest absolute Gasteiger partial charge is 0.497 e. The normalized spacial score (nSPS) is 10.8. The summed E-state index contributed by atoms with van der Waals surface area (Å²) >= 11 is 5.88. The van der Waals surface area contributed by atoms with E-state index in [2.05, 4.69) is 4.98 Å². The molecule has 0 fully saturated rings. The van der Waals surface area contributed by atoms with Crippen LogP contribution in [0.5, 0.6) is 11.5 Å². The van der Waals surface area contributed by atoms with Gasteiger partial charge >= 0.3 is 0 Å². The van der Waals surface area contributed by atoms with E-state index in [0.29, 0.717) is 27.8 Å². The molecule has 0 unspecified atom stereocenters. The molecule has 1 heterocycles. The highest BCUT2D eigenvalue weighted by Crippen LogP contribution is 2.35. The fourth-order valence-electron chi connectivity index (χ4n) is 2.68. The maximum absolute atomic E-state index is 12.8. The Bertz CT molecular complexity index is 881. The molecule has 3 rings (SSSR count). The van der Waals surface area contributed by atoms with Gasteiger partial charge < -0.3 is 14.5 Å². The molecule has 0 amide bonds. The van der Waals surface area contributed by atoms with Crippen LogP contribution in [0.4, 0.5) is 0 Å². The van der Waals surface area contributed by atoms with Crippen molar-refractivity contribution in [3.8, 4) is 11.5 Å². The summed E-state index contributed by atoms with van der Waals surface area (Å²) in [4.78, 5) is 15.9. The van der Waals surface area contributed by atoms with E-state index >= 15 is 0 Å². The minimum absolute atomic E-state index is 0.0867. The topological polar surface area (TPSA) is 51.3 Å². The first-order valence-corrected chi connectivity index (χ1v) is 7.47. The number of fused-ring (bicyclic) bond motifs is 1. The minimum Gasteiger partial charge on any atom is -0.497 e. The van der Waals surface area contributed by atoms with Crippen molar-refractivity contribution in [1.29, 1.82) is 0 Å². The molecule has 1 N–H and O–H groups in total. The van der Waals surface area contributed by atoms with Gasteiger partial charge in [-0.05, 0) is 36.8 Å². The van der Waals surface area contributed by atoms with E-state index in [1.165, 1.54) is 0 Å². The van der Waals surface area contributed by atoms with Crippen LogP contribution in [0.15, 0.2) is 36.4 Å². The third-order valence-corrected chi connectivity index (χ3v) is 4.13. The Kier molecular flexibility index (Phi) is 4.01. The molecule has 0 aliphatic carbocycles. The summed E-state index contributed by atoms with van der Waals surface area (Å²) in [6.07, 6.45) is 0. The number of ether oxygens (including phenoxy) is 2. The van der Waals surface area contributed by atoms with E-state index in [0.717, 1.165) is 16.5 Å². The fourth-order valence-corrected chi connectivity index (χ4v) is 2.81. The van der Waals surface area contributed by atoms with Crippen LogP contribution >= 0.6 is 11.6 Å². The summed E-state index contributed by atoms with van der Waals surface area (Å²) in [7, 11) is 3.19. The highest BCUT2D eigenvalue weighted by Gasteiger charge is 2.19. The molecule has 0 radical (unpaired) electrons. The lowest BCUT2D eigenvalue weighted by Gasteiger charge is -2.06. The molecule has 23 heavy (non-hydrogen) atoms. The third-order valence-electron chi connectivity index (χ3n) is 3.87. The average Bonchev–Trinajstić information content (AvgIpc) is 2.91. The Hall–Kier alpha value is -2.46. The van der Waals surface area contributed by atoms with Gasteiger partial charge in [-0.15, -0.1) is 0 Å². The van der Waals surface area contributed by atoms with E-state index in [1.807, 2.05) is 13.0 Å². The lowest BCUT2D eigenvalue weighted by molar-refractivity contribution is 0.103. The fraction of sp³-hybridized carbons (Fsp3) is 0.167. The molecule has 0 spiro atoms. The van der Waals surface area contributed by atoms with Crippen molar-refractivity contribution >= 4 is 28.3 Å². The van der Waals surface area contributed by atoms with Crippen molar-refractivity contribution in [2.45, 2.75) is 6.92 Å². The number of benzene rings is 2. The molecule has 3 aromatic rings. The zero-order valence-corrected chi connectivity index (χ0v) is 13.8. The quantitative estimate of drug-likeness (QED) is 0.723. The zero-order valence-electron chi connectivity index (χ0n) is 13.1. The molecule has 118 valence electrons. The molecule has 0 aliphatic rings. The number of hydrogen-bond acceptors (Lipinski definition) is 3. The van der Waals surface area contributed by atoms with Crippen molar-refractivity contribution in [3.63, 3.8) is 0 Å². The van der Waals surface area contributed by atoms with Gasteiger partial charge in [0, 0.05) is 28.1 Å². The Labute approximate surface area is 139 Å². The monoisotopic (exact) mass is 329 g/mol. The molecular formula is C18H16ClNO3. The van der Waals surface area contributed by atoms with Crippen LogP contribution in [-0.2, 0) is 0 Å². The second kappa shape index (κ2) is 5.97. The summed E-state index contributed by atoms with van der Waals surface area (Å²) in [5, 5.41) is 1.48. The van der Waals surface area contributed by atoms with Gasteiger partial charge in [0.1, 0.15) is 11.5 Å². The summed E-state index contributed by atoms with van der Waals surface area (Å²) in [6.45, 7) is 1.90. The molecule has 0 aliphatic heterocycles. The number of hydrogen-bond donors (Lipinski definition) is 1. The molecule has 0 saturated heterocycles. The van der Waals surface area contributed by atoms with Crippen molar-refractivity contribution in [2.24, 2.45) is 0 Å². The summed E-state index contributed by atoms with van der Waals surface area (Å²) in [6, 6.07) is 10.5. The van der Waals surface area contributed by atoms with Crippen LogP contribution in [0.3, 0.4) is 0 Å². The van der Waals surface area contributed by atoms with Gasteiger partial charge in [-0.2, -0.15) is 0 Å². The second-order valence-electron chi connectivity index (χ2n) is 5.21. The standard InChI is InChI=1S/C18H16ClNO3/c1-10-16-14(8-13(22-2)9-15(16)23-3)20-17(10)18(21)11-4-6-12(19)7-5-11/h4-9,20H,1-3H3. The van der Waals surface area contributed by atoms with Crippen molar-refractivity contribution < 1.29 is 14.3 Å². The molecule has 0 saturated carbocycles. The second-order valence-corrected chi connectivity index (χ2v) is 5.65. The van der Waals surface area contributed by atoms with Crippen LogP contribution in [0.2, 0.25) is 5.02 Å². The van der Waals surface area contributed by atoms with E-state index in [9.17, 15) is 4.79 Å². The number of halogens is 1. The van der Waals surface area contributed by atoms with Gasteiger partial charge in [0.15, 0.2) is 0 Å². The molecule has 2 aromatic carbocycles. The predicted molar refractivity (Wildman–Crippen MR) is 91.0 cm³/mol. The number of carbonyl (C=O) groups excluding carboxylic acids is 1. The first-order valence-electron chi connectivity index (χ1n) is 7.09. The number of carbonyl (C=O) groups is 1. The number of ketones is 1. The number of methoxy groups -OCH3 is 2. The average molecular weight is 330 g/mol. The van der Waals surface area contributed by atoms with E-state index < -0.39 is 0 Å². The highest BCUT2D eigenvalue weighted by atomic mass is 35.5. The van der Waals surface area contributed by atoms with Crippen LogP contribution in [-0.4, -0.2) is 25.0 Å². The first kappa shape index (κ1) is 15.4. The smallest absolute Gasteiger partial charge is 0.209 e. The minimum atomic E-state index is -0.0867. The van der Waals surface area contributed by atoms with Crippen molar-refractivity contribution in [2.75, 3.05) is 14.2 Å². The molecular weight excluding hydrogens is 314 g/mol. The molecule has 0 bridgehead atoms. The van der Waals surface area contributed by atoms with E-state index in [-0.39, 0.29) is 5.78 Å². The van der Waals surface area contributed by atoms with Gasteiger partial charge in [0.25, 0.3) is 0 Å². The first-order chi connectivity index (χ1) is 11.0. The van der Waals surface area contributed by atoms with Gasteiger partial charge in [-0.1, -0.05) is 11.6 Å². The molecule has 0 atom stereocenters. The molecule has 4 nitrogen and oxygen atoms in total. The number of aryl methyl sites for hydroxylation is 1. The van der Waals surface area contributed by atoms with Gasteiger partial charge in [0.05, 0.1) is 25.4 Å². The highest BCUT2D eigenvalue weighted by molar-refractivity contribution is 6.30. The number of aromatic amines is 1. The van der Waals surface area contributed by atoms with E-state index in [4.69, 9.17) is 21.1 Å². The Morgan fingerprint density at radius 1 is 1.09 bits per heavy atom. The molecule has 1 aromatic heterocycles. The van der Waals surface area contributed by atoms with Crippen molar-refractivity contribution in [3.05, 3.63) is 58.2 Å². The van der Waals surface area contributed by atoms with Gasteiger partial charge in [0.2, 0.25) is 5.78 Å². The number of aromatic nitrogens is 1. The Morgan fingerprint density at radius 2 is 1.78 bits per heavy atom. The number of rotatable bonds is 4. The van der Waals surface area contributed by atoms with Gasteiger partial charge in [-0.25, -0.2) is 0 Å². The summed E-state index contributed by atoms with van der Waals surface area (Å²) < 4.78 is 10.7. The van der Waals surface area contributed by atoms with Crippen LogP contribution in [0.1, 0.15) is 21.6 Å².